The van der Waals surface area contributed by atoms with E-state index in [2.05, 4.69) is 15.3 Å². The van der Waals surface area contributed by atoms with Gasteiger partial charge >= 0.3 is 0 Å². The Kier molecular flexibility index (Phi) is 4.44. The molecule has 0 spiro atoms. The van der Waals surface area contributed by atoms with Crippen LogP contribution in [0.1, 0.15) is 6.92 Å². The van der Waals surface area contributed by atoms with Crippen molar-refractivity contribution in [3.8, 4) is 0 Å². The lowest BCUT2D eigenvalue weighted by atomic mass is 10.4. The van der Waals surface area contributed by atoms with E-state index in [1.807, 2.05) is 6.26 Å². The van der Waals surface area contributed by atoms with Gasteiger partial charge in [-0.2, -0.15) is 0 Å². The molecule has 1 aromatic rings. The first-order valence-corrected chi connectivity index (χ1v) is 5.72. The highest BCUT2D eigenvalue weighted by Crippen LogP contribution is 2.16. The van der Waals surface area contributed by atoms with Crippen LogP contribution in [0.3, 0.4) is 0 Å². The van der Waals surface area contributed by atoms with Gasteiger partial charge in [0.1, 0.15) is 11.0 Å². The number of nitrogens with zero attached hydrogens (tertiary/aromatic N) is 2. The van der Waals surface area contributed by atoms with Crippen LogP contribution in [0.5, 0.6) is 0 Å². The van der Waals surface area contributed by atoms with Gasteiger partial charge in [0.25, 0.3) is 0 Å². The lowest BCUT2D eigenvalue weighted by Gasteiger charge is -2.08. The summed E-state index contributed by atoms with van der Waals surface area (Å²) in [6.07, 6.45) is 1.46. The molecule has 0 aliphatic carbocycles. The van der Waals surface area contributed by atoms with Crippen LogP contribution >= 0.6 is 23.4 Å². The number of anilines is 1. The first kappa shape index (κ1) is 11.6. The van der Waals surface area contributed by atoms with Crippen molar-refractivity contribution in [2.45, 2.75) is 18.2 Å². The molecule has 1 heterocycles. The maximum atomic E-state index is 9.07. The molecule has 78 valence electrons. The van der Waals surface area contributed by atoms with Gasteiger partial charge in [0.15, 0.2) is 5.16 Å². The molecule has 6 heteroatoms. The summed E-state index contributed by atoms with van der Waals surface area (Å²) in [5.41, 5.74) is 0. The maximum Gasteiger partial charge on any atom is 0.190 e. The van der Waals surface area contributed by atoms with Gasteiger partial charge < -0.3 is 10.4 Å². The number of aromatic nitrogens is 2. The molecule has 4 nitrogen and oxygen atoms in total. The van der Waals surface area contributed by atoms with Gasteiger partial charge in [-0.05, 0) is 13.2 Å². The summed E-state index contributed by atoms with van der Waals surface area (Å²) >= 11 is 7.20. The van der Waals surface area contributed by atoms with Gasteiger partial charge in [-0.3, -0.25) is 0 Å². The van der Waals surface area contributed by atoms with Gasteiger partial charge in [0.2, 0.25) is 0 Å². The molecule has 0 fully saturated rings. The molecule has 0 amide bonds. The lowest BCUT2D eigenvalue weighted by Crippen LogP contribution is -2.16. The van der Waals surface area contributed by atoms with Gasteiger partial charge in [-0.1, -0.05) is 23.4 Å². The summed E-state index contributed by atoms with van der Waals surface area (Å²) in [7, 11) is 0. The molecule has 0 aliphatic heterocycles. The van der Waals surface area contributed by atoms with Crippen LogP contribution < -0.4 is 5.32 Å². The van der Waals surface area contributed by atoms with Crippen molar-refractivity contribution in [2.24, 2.45) is 0 Å². The number of halogens is 1. The molecule has 1 aromatic heterocycles. The maximum absolute atomic E-state index is 9.07. The molecule has 1 unspecified atom stereocenters. The predicted molar refractivity (Wildman–Crippen MR) is 59.0 cm³/mol. The van der Waals surface area contributed by atoms with Crippen molar-refractivity contribution < 1.29 is 5.11 Å². The Morgan fingerprint density at radius 1 is 1.64 bits per heavy atom. The fourth-order valence-corrected chi connectivity index (χ4v) is 1.44. The Bertz CT molecular complexity index is 309. The minimum absolute atomic E-state index is 0.400. The molecule has 0 aliphatic rings. The van der Waals surface area contributed by atoms with E-state index in [1.165, 1.54) is 11.8 Å². The van der Waals surface area contributed by atoms with Crippen LogP contribution in [0.4, 0.5) is 5.82 Å². The lowest BCUT2D eigenvalue weighted by molar-refractivity contribution is 0.208. The second-order valence-electron chi connectivity index (χ2n) is 2.79. The standard InChI is InChI=1S/C8H12ClN3OS/c1-5(13)4-10-7-3-6(9)11-8(12-7)14-2/h3,5,13H,4H2,1-2H3,(H,10,11,12). The number of aliphatic hydroxyl groups excluding tert-OH is 1. The van der Waals surface area contributed by atoms with Gasteiger partial charge in [-0.15, -0.1) is 0 Å². The molecular formula is C8H12ClN3OS. The molecule has 0 saturated heterocycles. The zero-order valence-corrected chi connectivity index (χ0v) is 9.56. The summed E-state index contributed by atoms with van der Waals surface area (Å²) in [6.45, 7) is 2.15. The van der Waals surface area contributed by atoms with E-state index in [1.54, 1.807) is 13.0 Å². The fourth-order valence-electron chi connectivity index (χ4n) is 0.831. The number of rotatable bonds is 4. The van der Waals surface area contributed by atoms with Gasteiger partial charge in [-0.25, -0.2) is 9.97 Å². The third kappa shape index (κ3) is 3.69. The molecule has 1 rings (SSSR count). The Balaban J connectivity index is 2.71. The van der Waals surface area contributed by atoms with Crippen LogP contribution in [0, 0.1) is 0 Å². The highest BCUT2D eigenvalue weighted by Gasteiger charge is 2.02. The third-order valence-corrected chi connectivity index (χ3v) is 2.18. The number of hydrogen-bond donors (Lipinski definition) is 2. The van der Waals surface area contributed by atoms with Crippen LogP contribution in [-0.4, -0.2) is 34.0 Å². The fraction of sp³-hybridized carbons (Fsp3) is 0.500. The van der Waals surface area contributed by atoms with Crippen molar-refractivity contribution in [3.05, 3.63) is 11.2 Å². The Labute approximate surface area is 92.1 Å². The first-order valence-electron chi connectivity index (χ1n) is 4.12. The monoisotopic (exact) mass is 233 g/mol. The minimum Gasteiger partial charge on any atom is -0.392 e. The van der Waals surface area contributed by atoms with E-state index in [0.717, 1.165) is 0 Å². The van der Waals surface area contributed by atoms with E-state index >= 15 is 0 Å². The van der Waals surface area contributed by atoms with E-state index < -0.39 is 6.10 Å². The first-order chi connectivity index (χ1) is 6.61. The Hall–Kier alpha value is -0.520. The highest BCUT2D eigenvalue weighted by atomic mass is 35.5. The smallest absolute Gasteiger partial charge is 0.190 e. The largest absolute Gasteiger partial charge is 0.392 e. The highest BCUT2D eigenvalue weighted by molar-refractivity contribution is 7.98. The molecule has 2 N–H and O–H groups in total. The number of thioether (sulfide) groups is 1. The summed E-state index contributed by atoms with van der Waals surface area (Å²) in [4.78, 5) is 8.16. The van der Waals surface area contributed by atoms with Gasteiger partial charge in [0.05, 0.1) is 6.10 Å². The molecule has 1 atom stereocenters. The topological polar surface area (TPSA) is 58.0 Å². The number of hydrogen-bond acceptors (Lipinski definition) is 5. The second-order valence-corrected chi connectivity index (χ2v) is 3.95. The Morgan fingerprint density at radius 3 is 2.93 bits per heavy atom. The predicted octanol–water partition coefficient (Wildman–Crippen LogP) is 1.64. The second kappa shape index (κ2) is 5.38. The van der Waals surface area contributed by atoms with E-state index in [9.17, 15) is 0 Å². The molecule has 0 bridgehead atoms. The van der Waals surface area contributed by atoms with Gasteiger partial charge in [0, 0.05) is 12.6 Å². The SMILES string of the molecule is CSc1nc(Cl)cc(NCC(C)O)n1. The molecule has 0 aromatic carbocycles. The summed E-state index contributed by atoms with van der Waals surface area (Å²) in [5.74, 6) is 0.634. The quantitative estimate of drug-likeness (QED) is 0.471. The van der Waals surface area contributed by atoms with Crippen LogP contribution in [0.2, 0.25) is 5.15 Å². The third-order valence-electron chi connectivity index (χ3n) is 1.44. The number of aliphatic hydroxyl groups is 1. The van der Waals surface area contributed by atoms with Crippen molar-refractivity contribution in [3.63, 3.8) is 0 Å². The zero-order valence-electron chi connectivity index (χ0n) is 7.99. The Morgan fingerprint density at radius 2 is 2.36 bits per heavy atom. The average molecular weight is 234 g/mol. The van der Waals surface area contributed by atoms with Crippen molar-refractivity contribution in [1.29, 1.82) is 0 Å². The molecular weight excluding hydrogens is 222 g/mol. The van der Waals surface area contributed by atoms with Crippen LogP contribution in [-0.2, 0) is 0 Å². The average Bonchev–Trinajstić information content (AvgIpc) is 2.14. The molecule has 14 heavy (non-hydrogen) atoms. The molecule has 0 saturated carbocycles. The van der Waals surface area contributed by atoms with E-state index in [0.29, 0.717) is 22.7 Å². The van der Waals surface area contributed by atoms with E-state index in [-0.39, 0.29) is 0 Å². The summed E-state index contributed by atoms with van der Waals surface area (Å²) in [6, 6.07) is 1.63. The summed E-state index contributed by atoms with van der Waals surface area (Å²) in [5, 5.41) is 13.0. The van der Waals surface area contributed by atoms with Crippen molar-refractivity contribution in [1.82, 2.24) is 9.97 Å². The van der Waals surface area contributed by atoms with Crippen LogP contribution in [0.25, 0.3) is 0 Å². The zero-order chi connectivity index (χ0) is 10.6. The number of nitrogens with one attached hydrogen (secondary N) is 1. The normalized spacial score (nSPS) is 12.6. The molecule has 0 radical (unpaired) electrons. The van der Waals surface area contributed by atoms with Crippen molar-refractivity contribution in [2.75, 3.05) is 18.1 Å². The van der Waals surface area contributed by atoms with E-state index in [4.69, 9.17) is 16.7 Å². The minimum atomic E-state index is -0.415. The summed E-state index contributed by atoms with van der Waals surface area (Å²) < 4.78 is 0. The van der Waals surface area contributed by atoms with Crippen molar-refractivity contribution >= 4 is 29.2 Å². The van der Waals surface area contributed by atoms with Crippen LogP contribution in [0.15, 0.2) is 11.2 Å².